The van der Waals surface area contributed by atoms with Gasteiger partial charge in [0.05, 0.1) is 22.3 Å². The third-order valence-corrected chi connectivity index (χ3v) is 6.70. The van der Waals surface area contributed by atoms with E-state index in [1.165, 1.54) is 5.56 Å². The Morgan fingerprint density at radius 2 is 1.80 bits per heavy atom. The summed E-state index contributed by atoms with van der Waals surface area (Å²) in [7, 11) is 0. The molecule has 0 unspecified atom stereocenters. The quantitative estimate of drug-likeness (QED) is 0.450. The summed E-state index contributed by atoms with van der Waals surface area (Å²) in [6.07, 6.45) is 3.47. The number of nitrogens with one attached hydrogen (secondary N) is 1. The molecule has 2 aromatic rings. The summed E-state index contributed by atoms with van der Waals surface area (Å²) in [5.41, 5.74) is 3.10. The second-order valence-corrected chi connectivity index (χ2v) is 9.16. The fraction of sp³-hybridized carbons (Fsp3) is 0.440. The maximum Gasteiger partial charge on any atom is 0.329 e. The first-order valence-electron chi connectivity index (χ1n) is 11.7. The molecule has 190 valence electrons. The molecule has 3 N–H and O–H groups in total. The van der Waals surface area contributed by atoms with Crippen LogP contribution in [0.25, 0.3) is 0 Å². The standard InChI is InChI=1S/C23H27Cl2N3O2.C2H4O3/c24-19-4-3-5-21(23(19)25)28-13-11-27(12-14-28)10-1-2-15-30-18-8-6-17-7-9-22(29)26-20(17)16-18;3-1-2(4)5/h3-6,8,16H,1-2,7,9-15H2,(H,26,29);3H,1H2,(H,4,5). The van der Waals surface area contributed by atoms with Gasteiger partial charge in [-0.25, -0.2) is 4.79 Å². The number of hydrogen-bond acceptors (Lipinski definition) is 6. The molecule has 0 saturated carbocycles. The second-order valence-electron chi connectivity index (χ2n) is 8.38. The summed E-state index contributed by atoms with van der Waals surface area (Å²) in [6.45, 7) is 4.93. The second kappa shape index (κ2) is 13.5. The van der Waals surface area contributed by atoms with E-state index in [1.54, 1.807) is 0 Å². The van der Waals surface area contributed by atoms with Crippen molar-refractivity contribution >= 4 is 46.5 Å². The summed E-state index contributed by atoms with van der Waals surface area (Å²) < 4.78 is 5.89. The monoisotopic (exact) mass is 523 g/mol. The molecule has 4 rings (SSSR count). The molecule has 8 nitrogen and oxygen atoms in total. The van der Waals surface area contributed by atoms with Gasteiger partial charge in [0.15, 0.2) is 0 Å². The van der Waals surface area contributed by atoms with E-state index < -0.39 is 12.6 Å². The maximum absolute atomic E-state index is 11.5. The molecule has 2 aliphatic heterocycles. The van der Waals surface area contributed by atoms with E-state index >= 15 is 0 Å². The number of benzene rings is 2. The Kier molecular flexibility index (Phi) is 10.5. The van der Waals surface area contributed by atoms with Crippen molar-refractivity contribution in [1.82, 2.24) is 4.90 Å². The highest BCUT2D eigenvalue weighted by molar-refractivity contribution is 6.43. The fourth-order valence-electron chi connectivity index (χ4n) is 4.02. The third kappa shape index (κ3) is 8.28. The van der Waals surface area contributed by atoms with E-state index in [1.807, 2.05) is 30.3 Å². The summed E-state index contributed by atoms with van der Waals surface area (Å²) in [4.78, 5) is 25.5. The van der Waals surface area contributed by atoms with E-state index in [-0.39, 0.29) is 5.91 Å². The number of fused-ring (bicyclic) bond motifs is 1. The molecule has 0 atom stereocenters. The van der Waals surface area contributed by atoms with Crippen LogP contribution in [0.3, 0.4) is 0 Å². The molecule has 0 radical (unpaired) electrons. The van der Waals surface area contributed by atoms with E-state index in [2.05, 4.69) is 21.2 Å². The number of aliphatic carboxylic acids is 1. The Morgan fingerprint density at radius 1 is 1.06 bits per heavy atom. The van der Waals surface area contributed by atoms with Crippen molar-refractivity contribution in [2.24, 2.45) is 0 Å². The molecule has 35 heavy (non-hydrogen) atoms. The van der Waals surface area contributed by atoms with Gasteiger partial charge >= 0.3 is 5.97 Å². The van der Waals surface area contributed by atoms with E-state index in [9.17, 15) is 4.79 Å². The number of aryl methyl sites for hydroxylation is 1. The molecule has 0 bridgehead atoms. The van der Waals surface area contributed by atoms with Gasteiger partial charge in [-0.05, 0) is 49.6 Å². The third-order valence-electron chi connectivity index (χ3n) is 5.89. The molecular formula is C25H31Cl2N3O5. The summed E-state index contributed by atoms with van der Waals surface area (Å²) in [5.74, 6) is -0.287. The van der Waals surface area contributed by atoms with E-state index in [0.29, 0.717) is 23.1 Å². The number of ether oxygens (including phenoxy) is 1. The molecule has 0 spiro atoms. The van der Waals surface area contributed by atoms with Crippen molar-refractivity contribution in [3.05, 3.63) is 52.0 Å². The van der Waals surface area contributed by atoms with Gasteiger partial charge in [0.25, 0.3) is 0 Å². The van der Waals surface area contributed by atoms with Gasteiger partial charge in [-0.2, -0.15) is 0 Å². The molecular weight excluding hydrogens is 493 g/mol. The molecule has 2 heterocycles. The van der Waals surface area contributed by atoms with Crippen molar-refractivity contribution in [2.75, 3.05) is 56.2 Å². The summed E-state index contributed by atoms with van der Waals surface area (Å²) in [6, 6.07) is 11.8. The summed E-state index contributed by atoms with van der Waals surface area (Å²) in [5, 5.41) is 19.2. The number of aliphatic hydroxyl groups is 1. The van der Waals surface area contributed by atoms with Crippen LogP contribution in [0.4, 0.5) is 11.4 Å². The van der Waals surface area contributed by atoms with Crippen LogP contribution in [-0.4, -0.2) is 72.9 Å². The van der Waals surface area contributed by atoms with Crippen LogP contribution in [0.5, 0.6) is 5.75 Å². The lowest BCUT2D eigenvalue weighted by Crippen LogP contribution is -2.46. The number of hydrogen-bond donors (Lipinski definition) is 3. The zero-order valence-corrected chi connectivity index (χ0v) is 21.0. The number of carboxylic acids is 1. The summed E-state index contributed by atoms with van der Waals surface area (Å²) >= 11 is 12.5. The van der Waals surface area contributed by atoms with Gasteiger partial charge in [0, 0.05) is 44.4 Å². The van der Waals surface area contributed by atoms with Crippen molar-refractivity contribution in [3.8, 4) is 5.75 Å². The molecule has 2 aromatic carbocycles. The zero-order chi connectivity index (χ0) is 25.2. The first kappa shape index (κ1) is 27.1. The van der Waals surface area contributed by atoms with Crippen molar-refractivity contribution < 1.29 is 24.5 Å². The zero-order valence-electron chi connectivity index (χ0n) is 19.5. The number of rotatable bonds is 8. The Labute approximate surface area is 215 Å². The lowest BCUT2D eigenvalue weighted by molar-refractivity contribution is -0.140. The van der Waals surface area contributed by atoms with Crippen LogP contribution in [0, 0.1) is 0 Å². The van der Waals surface area contributed by atoms with Crippen molar-refractivity contribution in [3.63, 3.8) is 0 Å². The number of halogens is 2. The lowest BCUT2D eigenvalue weighted by Gasteiger charge is -2.36. The van der Waals surface area contributed by atoms with Crippen LogP contribution in [-0.2, 0) is 16.0 Å². The first-order valence-corrected chi connectivity index (χ1v) is 12.4. The Bertz CT molecular complexity index is 1010. The molecule has 1 fully saturated rings. The van der Waals surface area contributed by atoms with Crippen molar-refractivity contribution in [1.29, 1.82) is 0 Å². The number of unbranched alkanes of at least 4 members (excludes halogenated alkanes) is 1. The van der Waals surface area contributed by atoms with Gasteiger partial charge in [0.2, 0.25) is 5.91 Å². The predicted molar refractivity (Wildman–Crippen MR) is 138 cm³/mol. The van der Waals surface area contributed by atoms with Crippen LogP contribution in [0.2, 0.25) is 10.0 Å². The topological polar surface area (TPSA) is 102 Å². The Morgan fingerprint density at radius 3 is 2.51 bits per heavy atom. The van der Waals surface area contributed by atoms with Gasteiger partial charge in [-0.3, -0.25) is 9.69 Å². The van der Waals surface area contributed by atoms with Crippen LogP contribution >= 0.6 is 23.2 Å². The van der Waals surface area contributed by atoms with Gasteiger partial charge < -0.3 is 25.2 Å². The van der Waals surface area contributed by atoms with Crippen molar-refractivity contribution in [2.45, 2.75) is 25.7 Å². The van der Waals surface area contributed by atoms with Gasteiger partial charge in [-0.1, -0.05) is 35.3 Å². The fourth-order valence-corrected chi connectivity index (χ4v) is 4.43. The number of aliphatic hydroxyl groups excluding tert-OH is 1. The normalized spacial score (nSPS) is 15.5. The molecule has 0 aromatic heterocycles. The SMILES string of the molecule is O=C(O)CO.O=C1CCc2ccc(OCCCCN3CCN(c4cccc(Cl)c4Cl)CC3)cc2N1. The molecule has 1 saturated heterocycles. The number of piperazine rings is 1. The minimum Gasteiger partial charge on any atom is -0.494 e. The minimum absolute atomic E-state index is 0.0809. The Balaban J connectivity index is 0.000000623. The average molecular weight is 524 g/mol. The number of carboxylic acid groups (broad SMARTS) is 1. The maximum atomic E-state index is 11.5. The molecule has 0 aliphatic carbocycles. The van der Waals surface area contributed by atoms with Crippen LogP contribution in [0.15, 0.2) is 36.4 Å². The highest BCUT2D eigenvalue weighted by Gasteiger charge is 2.19. The average Bonchev–Trinajstić information content (AvgIpc) is 2.86. The Hall–Kier alpha value is -2.52. The number of nitrogens with zero attached hydrogens (tertiary/aromatic N) is 2. The molecule has 10 heteroatoms. The van der Waals surface area contributed by atoms with Crippen LogP contribution < -0.4 is 15.0 Å². The van der Waals surface area contributed by atoms with E-state index in [0.717, 1.165) is 69.1 Å². The lowest BCUT2D eigenvalue weighted by atomic mass is 10.0. The van der Waals surface area contributed by atoms with Gasteiger partial charge in [-0.15, -0.1) is 0 Å². The minimum atomic E-state index is -1.19. The number of amides is 1. The number of carbonyl (C=O) groups is 2. The number of carbonyl (C=O) groups excluding carboxylic acids is 1. The first-order chi connectivity index (χ1) is 16.9. The van der Waals surface area contributed by atoms with Crippen LogP contribution in [0.1, 0.15) is 24.8 Å². The van der Waals surface area contributed by atoms with Gasteiger partial charge in [0.1, 0.15) is 12.4 Å². The highest BCUT2D eigenvalue weighted by atomic mass is 35.5. The number of anilines is 2. The predicted octanol–water partition coefficient (Wildman–Crippen LogP) is 3.92. The smallest absolute Gasteiger partial charge is 0.329 e. The largest absolute Gasteiger partial charge is 0.494 e. The van der Waals surface area contributed by atoms with E-state index in [4.69, 9.17) is 42.9 Å². The highest BCUT2D eigenvalue weighted by Crippen LogP contribution is 2.33. The molecule has 1 amide bonds. The molecule has 2 aliphatic rings.